The number of amides is 2. The highest BCUT2D eigenvalue weighted by Gasteiger charge is 2.13. The van der Waals surface area contributed by atoms with Crippen molar-refractivity contribution in [1.29, 1.82) is 0 Å². The summed E-state index contributed by atoms with van der Waals surface area (Å²) < 4.78 is 5.41. The van der Waals surface area contributed by atoms with Gasteiger partial charge in [-0.3, -0.25) is 9.59 Å². The first-order valence-electron chi connectivity index (χ1n) is 10.5. The Labute approximate surface area is 186 Å². The fraction of sp³-hybridized carbons (Fsp3) is 0.154. The van der Waals surface area contributed by atoms with Gasteiger partial charge in [0, 0.05) is 33.5 Å². The lowest BCUT2D eigenvalue weighted by Crippen LogP contribution is -2.15. The first-order chi connectivity index (χ1) is 15.5. The minimum atomic E-state index is -0.221. The number of hydrogen-bond acceptors (Lipinski definition) is 3. The molecule has 4 aromatic rings. The van der Waals surface area contributed by atoms with Gasteiger partial charge in [0.05, 0.1) is 13.0 Å². The molecule has 4 rings (SSSR count). The van der Waals surface area contributed by atoms with Crippen LogP contribution in [0.2, 0.25) is 0 Å². The zero-order chi connectivity index (χ0) is 22.5. The minimum Gasteiger partial charge on any atom is -0.494 e. The van der Waals surface area contributed by atoms with Crippen LogP contribution in [0.15, 0.2) is 72.8 Å². The predicted molar refractivity (Wildman–Crippen MR) is 127 cm³/mol. The maximum Gasteiger partial charge on any atom is 0.255 e. The van der Waals surface area contributed by atoms with Crippen molar-refractivity contribution in [2.45, 2.75) is 20.3 Å². The number of carbonyl (C=O) groups excluding carboxylic acids is 2. The maximum atomic E-state index is 12.6. The average Bonchev–Trinajstić information content (AvgIpc) is 3.10. The van der Waals surface area contributed by atoms with Gasteiger partial charge < -0.3 is 20.4 Å². The van der Waals surface area contributed by atoms with E-state index in [0.29, 0.717) is 23.5 Å². The first kappa shape index (κ1) is 21.2. The number of rotatable bonds is 7. The van der Waals surface area contributed by atoms with E-state index >= 15 is 0 Å². The Hall–Kier alpha value is -4.06. The lowest BCUT2D eigenvalue weighted by molar-refractivity contribution is -0.115. The zero-order valence-electron chi connectivity index (χ0n) is 18.1. The van der Waals surface area contributed by atoms with Crippen molar-refractivity contribution in [2.24, 2.45) is 0 Å². The van der Waals surface area contributed by atoms with Crippen LogP contribution < -0.4 is 15.4 Å². The van der Waals surface area contributed by atoms with Gasteiger partial charge in [-0.2, -0.15) is 0 Å². The van der Waals surface area contributed by atoms with E-state index in [1.54, 1.807) is 36.4 Å². The summed E-state index contributed by atoms with van der Waals surface area (Å²) in [6, 6.07) is 22.0. The van der Waals surface area contributed by atoms with Crippen LogP contribution in [0.25, 0.3) is 10.9 Å². The number of fused-ring (bicyclic) bond motifs is 1. The van der Waals surface area contributed by atoms with Crippen molar-refractivity contribution in [3.8, 4) is 5.75 Å². The molecule has 1 heterocycles. The number of nitrogens with one attached hydrogen (secondary N) is 3. The van der Waals surface area contributed by atoms with Crippen molar-refractivity contribution in [3.05, 3.63) is 89.6 Å². The number of benzene rings is 3. The standard InChI is InChI=1S/C26H25N3O3/c1-3-32-21-14-12-20(13-15-21)29-26(31)18-8-10-19(11-9-18)28-25(30)16-23-17(2)27-24-7-5-4-6-22(23)24/h4-15,27H,3,16H2,1-2H3,(H,28,30)(H,29,31). The molecule has 6 heteroatoms. The van der Waals surface area contributed by atoms with Gasteiger partial charge in [0.1, 0.15) is 5.75 Å². The number of carbonyl (C=O) groups is 2. The molecule has 32 heavy (non-hydrogen) atoms. The van der Waals surface area contributed by atoms with Gasteiger partial charge >= 0.3 is 0 Å². The van der Waals surface area contributed by atoms with E-state index in [2.05, 4.69) is 15.6 Å². The fourth-order valence-electron chi connectivity index (χ4n) is 3.64. The lowest BCUT2D eigenvalue weighted by atomic mass is 10.1. The zero-order valence-corrected chi connectivity index (χ0v) is 18.1. The van der Waals surface area contributed by atoms with Crippen LogP contribution in [0.4, 0.5) is 11.4 Å². The van der Waals surface area contributed by atoms with E-state index in [4.69, 9.17) is 4.74 Å². The second-order valence-electron chi connectivity index (χ2n) is 7.49. The Morgan fingerprint density at radius 3 is 2.25 bits per heavy atom. The summed E-state index contributed by atoms with van der Waals surface area (Å²) in [5, 5.41) is 6.82. The number of hydrogen-bond donors (Lipinski definition) is 3. The van der Waals surface area contributed by atoms with E-state index in [0.717, 1.165) is 27.9 Å². The molecular weight excluding hydrogens is 402 g/mol. The molecule has 3 aromatic carbocycles. The van der Waals surface area contributed by atoms with Gasteiger partial charge in [0.25, 0.3) is 5.91 Å². The van der Waals surface area contributed by atoms with Crippen LogP contribution in [-0.2, 0) is 11.2 Å². The third kappa shape index (κ3) is 4.81. The Bertz CT molecular complexity index is 1240. The second-order valence-corrected chi connectivity index (χ2v) is 7.49. The average molecular weight is 428 g/mol. The Kier molecular flexibility index (Phi) is 6.22. The molecule has 0 saturated carbocycles. The number of para-hydroxylation sites is 1. The Balaban J connectivity index is 1.37. The molecule has 0 aliphatic heterocycles. The molecule has 0 spiro atoms. The van der Waals surface area contributed by atoms with Gasteiger partial charge in [0.2, 0.25) is 5.91 Å². The van der Waals surface area contributed by atoms with Gasteiger partial charge in [-0.15, -0.1) is 0 Å². The molecule has 0 fully saturated rings. The Morgan fingerprint density at radius 2 is 1.53 bits per heavy atom. The number of aromatic amines is 1. The largest absolute Gasteiger partial charge is 0.494 e. The summed E-state index contributed by atoms with van der Waals surface area (Å²) in [7, 11) is 0. The molecule has 0 atom stereocenters. The third-order valence-corrected chi connectivity index (χ3v) is 5.22. The van der Waals surface area contributed by atoms with Gasteiger partial charge in [0.15, 0.2) is 0 Å². The van der Waals surface area contributed by atoms with E-state index in [1.807, 2.05) is 50.2 Å². The number of H-pyrrole nitrogens is 1. The lowest BCUT2D eigenvalue weighted by Gasteiger charge is -2.09. The van der Waals surface area contributed by atoms with Crippen molar-refractivity contribution in [2.75, 3.05) is 17.2 Å². The van der Waals surface area contributed by atoms with E-state index in [9.17, 15) is 9.59 Å². The summed E-state index contributed by atoms with van der Waals surface area (Å²) >= 11 is 0. The first-order valence-corrected chi connectivity index (χ1v) is 10.5. The molecule has 6 nitrogen and oxygen atoms in total. The topological polar surface area (TPSA) is 83.2 Å². The molecular formula is C26H25N3O3. The van der Waals surface area contributed by atoms with Crippen molar-refractivity contribution in [3.63, 3.8) is 0 Å². The molecule has 0 saturated heterocycles. The summed E-state index contributed by atoms with van der Waals surface area (Å²) in [6.45, 7) is 4.49. The highest BCUT2D eigenvalue weighted by atomic mass is 16.5. The summed E-state index contributed by atoms with van der Waals surface area (Å²) in [4.78, 5) is 28.4. The monoisotopic (exact) mass is 427 g/mol. The number of anilines is 2. The summed E-state index contributed by atoms with van der Waals surface area (Å²) in [5.41, 5.74) is 4.84. The van der Waals surface area contributed by atoms with Crippen molar-refractivity contribution < 1.29 is 14.3 Å². The SMILES string of the molecule is CCOc1ccc(NC(=O)c2ccc(NC(=O)Cc3c(C)[nH]c4ccccc34)cc2)cc1. The summed E-state index contributed by atoms with van der Waals surface area (Å²) in [6.07, 6.45) is 0.274. The second kappa shape index (κ2) is 9.39. The Morgan fingerprint density at radius 1 is 0.875 bits per heavy atom. The number of aromatic nitrogens is 1. The molecule has 162 valence electrons. The minimum absolute atomic E-state index is 0.107. The number of aryl methyl sites for hydroxylation is 1. The van der Waals surface area contributed by atoms with Crippen LogP contribution in [0.1, 0.15) is 28.5 Å². The van der Waals surface area contributed by atoms with Crippen molar-refractivity contribution in [1.82, 2.24) is 4.98 Å². The smallest absolute Gasteiger partial charge is 0.255 e. The molecule has 1 aromatic heterocycles. The molecule has 2 amide bonds. The third-order valence-electron chi connectivity index (χ3n) is 5.22. The molecule has 0 unspecified atom stereocenters. The molecule has 0 bridgehead atoms. The normalized spacial score (nSPS) is 10.7. The van der Waals surface area contributed by atoms with Crippen LogP contribution in [-0.4, -0.2) is 23.4 Å². The van der Waals surface area contributed by atoms with Crippen molar-refractivity contribution >= 4 is 34.1 Å². The van der Waals surface area contributed by atoms with E-state index in [1.165, 1.54) is 0 Å². The highest BCUT2D eigenvalue weighted by molar-refractivity contribution is 6.04. The van der Waals surface area contributed by atoms with E-state index in [-0.39, 0.29) is 18.2 Å². The summed E-state index contributed by atoms with van der Waals surface area (Å²) in [5.74, 6) is 0.430. The highest BCUT2D eigenvalue weighted by Crippen LogP contribution is 2.23. The molecule has 3 N–H and O–H groups in total. The predicted octanol–water partition coefficient (Wildman–Crippen LogP) is 5.31. The number of ether oxygens (including phenoxy) is 1. The quantitative estimate of drug-likeness (QED) is 0.374. The van der Waals surface area contributed by atoms with Crippen LogP contribution >= 0.6 is 0 Å². The molecule has 0 radical (unpaired) electrons. The van der Waals surface area contributed by atoms with Crippen LogP contribution in [0, 0.1) is 6.92 Å². The van der Waals surface area contributed by atoms with E-state index < -0.39 is 0 Å². The fourth-order valence-corrected chi connectivity index (χ4v) is 3.64. The maximum absolute atomic E-state index is 12.6. The van der Waals surface area contributed by atoms with Gasteiger partial charge in [-0.05, 0) is 74.0 Å². The van der Waals surface area contributed by atoms with Gasteiger partial charge in [-0.25, -0.2) is 0 Å². The van der Waals surface area contributed by atoms with Crippen LogP contribution in [0.5, 0.6) is 5.75 Å². The van der Waals surface area contributed by atoms with Gasteiger partial charge in [-0.1, -0.05) is 18.2 Å². The van der Waals surface area contributed by atoms with Crippen LogP contribution in [0.3, 0.4) is 0 Å². The molecule has 0 aliphatic carbocycles. The molecule has 0 aliphatic rings.